The summed E-state index contributed by atoms with van der Waals surface area (Å²) in [6, 6.07) is 6.65. The summed E-state index contributed by atoms with van der Waals surface area (Å²) in [4.78, 5) is 1.41. The molecular weight excluding hydrogens is 226 g/mol. The lowest BCUT2D eigenvalue weighted by molar-refractivity contribution is 0.974. The number of rotatable bonds is 2. The van der Waals surface area contributed by atoms with Crippen LogP contribution in [0.15, 0.2) is 18.2 Å². The van der Waals surface area contributed by atoms with Gasteiger partial charge in [-0.05, 0) is 49.4 Å². The third kappa shape index (κ3) is 2.33. The maximum atomic E-state index is 5.61. The van der Waals surface area contributed by atoms with Gasteiger partial charge >= 0.3 is 0 Å². The van der Waals surface area contributed by atoms with Crippen LogP contribution in [0, 0.1) is 13.8 Å². The Hall–Kier alpha value is -0.570. The number of thiophene rings is 1. The monoisotopic (exact) mass is 241 g/mol. The summed E-state index contributed by atoms with van der Waals surface area (Å²) < 4.78 is 1.39. The smallest absolute Gasteiger partial charge is 0.0351 e. The molecule has 0 bridgehead atoms. The summed E-state index contributed by atoms with van der Waals surface area (Å²) in [7, 11) is 0. The van der Waals surface area contributed by atoms with Crippen LogP contribution >= 0.6 is 23.7 Å². The number of aryl methyl sites for hydroxylation is 2. The normalized spacial score (nSPS) is 10.3. The van der Waals surface area contributed by atoms with E-state index in [-0.39, 0.29) is 12.4 Å². The van der Waals surface area contributed by atoms with Crippen molar-refractivity contribution in [2.24, 2.45) is 5.73 Å². The maximum absolute atomic E-state index is 5.61. The molecule has 1 heterocycles. The van der Waals surface area contributed by atoms with E-state index in [9.17, 15) is 0 Å². The quantitative estimate of drug-likeness (QED) is 0.857. The molecule has 0 fully saturated rings. The molecule has 0 saturated carbocycles. The first-order valence-corrected chi connectivity index (χ1v) is 5.72. The molecule has 2 rings (SSSR count). The second-order valence-electron chi connectivity index (χ2n) is 3.68. The van der Waals surface area contributed by atoms with Gasteiger partial charge in [0.1, 0.15) is 0 Å². The van der Waals surface area contributed by atoms with Gasteiger partial charge in [-0.25, -0.2) is 0 Å². The summed E-state index contributed by atoms with van der Waals surface area (Å²) in [6.45, 7) is 5.06. The van der Waals surface area contributed by atoms with Gasteiger partial charge in [-0.1, -0.05) is 12.1 Å². The fourth-order valence-electron chi connectivity index (χ4n) is 1.83. The molecule has 82 valence electrons. The minimum absolute atomic E-state index is 0. The second kappa shape index (κ2) is 4.97. The molecule has 1 nitrogen and oxygen atoms in total. The number of nitrogens with two attached hydrogens (primary N) is 1. The van der Waals surface area contributed by atoms with Crippen LogP contribution in [-0.4, -0.2) is 6.54 Å². The molecule has 2 aromatic rings. The summed E-state index contributed by atoms with van der Waals surface area (Å²) in [5.41, 5.74) is 8.38. The number of fused-ring (bicyclic) bond motifs is 1. The Morgan fingerprint density at radius 1 is 1.27 bits per heavy atom. The van der Waals surface area contributed by atoms with E-state index in [0.717, 1.165) is 13.0 Å². The van der Waals surface area contributed by atoms with Crippen LogP contribution in [0.3, 0.4) is 0 Å². The Kier molecular flexibility index (Phi) is 4.14. The fourth-order valence-corrected chi connectivity index (χ4v) is 3.05. The minimum Gasteiger partial charge on any atom is -0.330 e. The molecule has 0 aliphatic heterocycles. The van der Waals surface area contributed by atoms with E-state index in [1.807, 2.05) is 11.3 Å². The second-order valence-corrected chi connectivity index (χ2v) is 4.93. The Balaban J connectivity index is 0.00000112. The minimum atomic E-state index is 0. The van der Waals surface area contributed by atoms with Crippen LogP contribution in [0.5, 0.6) is 0 Å². The predicted molar refractivity (Wildman–Crippen MR) is 71.3 cm³/mol. The average Bonchev–Trinajstić information content (AvgIpc) is 2.43. The zero-order valence-electron chi connectivity index (χ0n) is 9.04. The molecule has 15 heavy (non-hydrogen) atoms. The lowest BCUT2D eigenvalue weighted by Crippen LogP contribution is -2.02. The lowest BCUT2D eigenvalue weighted by Gasteiger charge is -1.98. The van der Waals surface area contributed by atoms with Gasteiger partial charge in [0.15, 0.2) is 0 Å². The van der Waals surface area contributed by atoms with Crippen LogP contribution in [0.2, 0.25) is 0 Å². The van der Waals surface area contributed by atoms with Crippen LogP contribution in [-0.2, 0) is 6.42 Å². The molecule has 0 aliphatic rings. The molecule has 0 spiro atoms. The zero-order chi connectivity index (χ0) is 10.1. The van der Waals surface area contributed by atoms with Gasteiger partial charge in [0, 0.05) is 9.58 Å². The maximum Gasteiger partial charge on any atom is 0.0351 e. The summed E-state index contributed by atoms with van der Waals surface area (Å²) >= 11 is 1.88. The highest BCUT2D eigenvalue weighted by molar-refractivity contribution is 7.19. The summed E-state index contributed by atoms with van der Waals surface area (Å²) in [6.07, 6.45) is 0.995. The van der Waals surface area contributed by atoms with Gasteiger partial charge in [0.2, 0.25) is 0 Å². The topological polar surface area (TPSA) is 26.0 Å². The largest absolute Gasteiger partial charge is 0.330 e. The van der Waals surface area contributed by atoms with E-state index in [0.29, 0.717) is 0 Å². The van der Waals surface area contributed by atoms with Crippen molar-refractivity contribution in [2.45, 2.75) is 20.3 Å². The molecule has 0 aliphatic carbocycles. The SMILES string of the molecule is Cc1ccc2c(CCN)c(C)sc2c1.Cl. The number of hydrogen-bond acceptors (Lipinski definition) is 2. The Morgan fingerprint density at radius 3 is 2.67 bits per heavy atom. The standard InChI is InChI=1S/C12H15NS.ClH/c1-8-3-4-11-10(5-6-13)9(2)14-12(11)7-8;/h3-4,7H,5-6,13H2,1-2H3;1H. The molecule has 0 atom stereocenters. The Labute approximate surface area is 101 Å². The highest BCUT2D eigenvalue weighted by Crippen LogP contribution is 2.31. The van der Waals surface area contributed by atoms with E-state index in [2.05, 4.69) is 32.0 Å². The van der Waals surface area contributed by atoms with Crippen LogP contribution < -0.4 is 5.73 Å². The van der Waals surface area contributed by atoms with E-state index in [1.165, 1.54) is 26.1 Å². The molecule has 1 aromatic heterocycles. The number of halogens is 1. The van der Waals surface area contributed by atoms with Crippen LogP contribution in [0.1, 0.15) is 16.0 Å². The van der Waals surface area contributed by atoms with Crippen molar-refractivity contribution in [3.63, 3.8) is 0 Å². The Bertz CT molecular complexity index is 462. The molecular formula is C12H16ClNS. The first kappa shape index (κ1) is 12.5. The average molecular weight is 242 g/mol. The van der Waals surface area contributed by atoms with E-state index < -0.39 is 0 Å². The van der Waals surface area contributed by atoms with Crippen LogP contribution in [0.4, 0.5) is 0 Å². The molecule has 3 heteroatoms. The summed E-state index contributed by atoms with van der Waals surface area (Å²) in [5, 5.41) is 1.39. The highest BCUT2D eigenvalue weighted by Gasteiger charge is 2.07. The van der Waals surface area contributed by atoms with Crippen molar-refractivity contribution in [3.05, 3.63) is 34.2 Å². The van der Waals surface area contributed by atoms with Gasteiger partial charge in [-0.15, -0.1) is 23.7 Å². The van der Waals surface area contributed by atoms with E-state index in [4.69, 9.17) is 5.73 Å². The van der Waals surface area contributed by atoms with Gasteiger partial charge in [0.05, 0.1) is 0 Å². The van der Waals surface area contributed by atoms with Gasteiger partial charge in [-0.3, -0.25) is 0 Å². The molecule has 0 amide bonds. The first-order chi connectivity index (χ1) is 6.72. The summed E-state index contributed by atoms with van der Waals surface area (Å²) in [5.74, 6) is 0. The van der Waals surface area contributed by atoms with Crippen molar-refractivity contribution in [1.82, 2.24) is 0 Å². The molecule has 0 radical (unpaired) electrons. The molecule has 2 N–H and O–H groups in total. The van der Waals surface area contributed by atoms with Gasteiger partial charge < -0.3 is 5.73 Å². The van der Waals surface area contributed by atoms with E-state index in [1.54, 1.807) is 0 Å². The third-order valence-corrected chi connectivity index (χ3v) is 3.65. The number of benzene rings is 1. The van der Waals surface area contributed by atoms with Crippen molar-refractivity contribution >= 4 is 33.8 Å². The Morgan fingerprint density at radius 2 is 2.00 bits per heavy atom. The van der Waals surface area contributed by atoms with Crippen molar-refractivity contribution in [3.8, 4) is 0 Å². The van der Waals surface area contributed by atoms with Crippen molar-refractivity contribution in [1.29, 1.82) is 0 Å². The zero-order valence-corrected chi connectivity index (χ0v) is 10.7. The first-order valence-electron chi connectivity index (χ1n) is 4.91. The van der Waals surface area contributed by atoms with Gasteiger partial charge in [0.25, 0.3) is 0 Å². The third-order valence-electron chi connectivity index (χ3n) is 2.54. The lowest BCUT2D eigenvalue weighted by atomic mass is 10.1. The van der Waals surface area contributed by atoms with Crippen molar-refractivity contribution in [2.75, 3.05) is 6.54 Å². The predicted octanol–water partition coefficient (Wildman–Crippen LogP) is 3.44. The van der Waals surface area contributed by atoms with E-state index >= 15 is 0 Å². The molecule has 1 aromatic carbocycles. The molecule has 0 saturated heterocycles. The fraction of sp³-hybridized carbons (Fsp3) is 0.333. The highest BCUT2D eigenvalue weighted by atomic mass is 35.5. The molecule has 0 unspecified atom stereocenters. The number of hydrogen-bond donors (Lipinski definition) is 1. The van der Waals surface area contributed by atoms with Gasteiger partial charge in [-0.2, -0.15) is 0 Å². The van der Waals surface area contributed by atoms with Crippen LogP contribution in [0.25, 0.3) is 10.1 Å². The van der Waals surface area contributed by atoms with Crippen molar-refractivity contribution < 1.29 is 0 Å².